The number of aliphatic carboxylic acids is 1. The largest absolute Gasteiger partial charge is 0.438 e. The van der Waals surface area contributed by atoms with Crippen LogP contribution in [-0.2, 0) is 9.59 Å². The number of hydrogen-bond acceptors (Lipinski definition) is 3. The molecule has 0 aliphatic rings. The molecule has 0 bridgehead atoms. The van der Waals surface area contributed by atoms with Gasteiger partial charge in [0.25, 0.3) is 5.97 Å². The van der Waals surface area contributed by atoms with Crippen LogP contribution in [0.5, 0.6) is 0 Å². The first-order chi connectivity index (χ1) is 2.64. The summed E-state index contributed by atoms with van der Waals surface area (Å²) in [4.78, 5) is 18.5. The third kappa shape index (κ3) is 1.34. The first kappa shape index (κ1) is 5.01. The number of hydrogen-bond donors (Lipinski definition) is 0. The van der Waals surface area contributed by atoms with Crippen LogP contribution in [0.2, 0.25) is 0 Å². The van der Waals surface area contributed by atoms with E-state index in [1.54, 1.807) is 0 Å². The van der Waals surface area contributed by atoms with Crippen molar-refractivity contribution in [1.82, 2.24) is 0 Å². The molecule has 0 fully saturated rings. The second kappa shape index (κ2) is 1.45. The first-order valence-electron chi connectivity index (χ1n) is 1.22. The van der Waals surface area contributed by atoms with Gasteiger partial charge in [-0.05, 0) is 0 Å². The van der Waals surface area contributed by atoms with Crippen LogP contribution >= 0.6 is 0 Å². The van der Waals surface area contributed by atoms with Gasteiger partial charge in [0.1, 0.15) is 0 Å². The predicted molar refractivity (Wildman–Crippen MR) is 15.4 cm³/mol. The third-order valence-corrected chi connectivity index (χ3v) is 0.228. The van der Waals surface area contributed by atoms with E-state index in [-0.39, 0.29) is 0 Å². The Hall–Kier alpha value is -0.990. The molecule has 0 saturated heterocycles. The van der Waals surface area contributed by atoms with Crippen molar-refractivity contribution in [3.63, 3.8) is 0 Å². The van der Waals surface area contributed by atoms with Crippen LogP contribution in [0.25, 0.3) is 0 Å². The summed E-state index contributed by atoms with van der Waals surface area (Å²) in [5.74, 6) is -2.93. The van der Waals surface area contributed by atoms with Crippen LogP contribution in [0.4, 0.5) is 0 Å². The normalized spacial score (nSPS) is 7.33. The molecule has 0 unspecified atom stereocenters. The van der Waals surface area contributed by atoms with Crippen molar-refractivity contribution < 1.29 is 14.7 Å². The van der Waals surface area contributed by atoms with Crippen LogP contribution < -0.4 is 5.11 Å². The van der Waals surface area contributed by atoms with E-state index < -0.39 is 11.8 Å². The molecule has 0 rings (SSSR count). The van der Waals surface area contributed by atoms with Crippen molar-refractivity contribution in [3.05, 3.63) is 6.92 Å². The van der Waals surface area contributed by atoms with Crippen LogP contribution in [0.1, 0.15) is 0 Å². The Morgan fingerprint density at radius 2 is 1.67 bits per heavy atom. The van der Waals surface area contributed by atoms with Crippen molar-refractivity contribution in [1.29, 1.82) is 0 Å². The number of carboxylic acids is 1. The number of ketones is 1. The Bertz CT molecular complexity index is 72.0. The van der Waals surface area contributed by atoms with E-state index in [9.17, 15) is 14.7 Å². The minimum absolute atomic E-state index is 1.19. The second-order valence-corrected chi connectivity index (χ2v) is 0.711. The van der Waals surface area contributed by atoms with Gasteiger partial charge in [-0.2, -0.15) is 0 Å². The Labute approximate surface area is 34.6 Å². The second-order valence-electron chi connectivity index (χ2n) is 0.711. The molecule has 0 N–H and O–H groups in total. The van der Waals surface area contributed by atoms with Crippen molar-refractivity contribution in [2.24, 2.45) is 0 Å². The SMILES string of the molecule is [CH2+]C(=O)C(=O)[O-]. The average molecular weight is 86.0 g/mol. The molecule has 0 spiro atoms. The lowest BCUT2D eigenvalue weighted by Crippen LogP contribution is -2.29. The van der Waals surface area contributed by atoms with Crippen molar-refractivity contribution in [2.45, 2.75) is 0 Å². The molecule has 0 aliphatic carbocycles. The van der Waals surface area contributed by atoms with E-state index in [1.807, 2.05) is 0 Å². The number of carbonyl (C=O) groups excluding carboxylic acids is 2. The van der Waals surface area contributed by atoms with Gasteiger partial charge in [-0.3, -0.25) is 0 Å². The zero-order chi connectivity index (χ0) is 5.15. The van der Waals surface area contributed by atoms with E-state index >= 15 is 0 Å². The molecule has 0 aromatic heterocycles. The molecule has 32 valence electrons. The molecule has 0 atom stereocenters. The molecule has 6 heavy (non-hydrogen) atoms. The van der Waals surface area contributed by atoms with Gasteiger partial charge in [-0.15, -0.1) is 0 Å². The van der Waals surface area contributed by atoms with E-state index in [4.69, 9.17) is 0 Å². The molecule has 0 saturated carbocycles. The summed E-state index contributed by atoms with van der Waals surface area (Å²) < 4.78 is 0. The molecule has 3 nitrogen and oxygen atoms in total. The fourth-order valence-electron chi connectivity index (χ4n) is 0. The highest BCUT2D eigenvalue weighted by atomic mass is 16.4. The van der Waals surface area contributed by atoms with Crippen molar-refractivity contribution in [3.8, 4) is 0 Å². The van der Waals surface area contributed by atoms with Gasteiger partial charge in [-0.25, -0.2) is 4.79 Å². The summed E-state index contributed by atoms with van der Waals surface area (Å²) in [6.45, 7) is 2.54. The highest BCUT2D eigenvalue weighted by molar-refractivity contribution is 6.33. The Kier molecular flexibility index (Phi) is 1.21. The molecule has 3 heteroatoms. The van der Waals surface area contributed by atoms with Crippen molar-refractivity contribution in [2.75, 3.05) is 0 Å². The summed E-state index contributed by atoms with van der Waals surface area (Å²) >= 11 is 0. The number of carboxylic acid groups (broad SMARTS) is 1. The molecule has 0 radical (unpaired) electrons. The van der Waals surface area contributed by atoms with Gasteiger partial charge in [0.15, 0.2) is 0 Å². The summed E-state index contributed by atoms with van der Waals surface area (Å²) in [7, 11) is 0. The van der Waals surface area contributed by atoms with E-state index in [0.29, 0.717) is 0 Å². The fourth-order valence-corrected chi connectivity index (χ4v) is 0. The predicted octanol–water partition coefficient (Wildman–Crippen LogP) is -1.86. The molecule has 0 amide bonds. The van der Waals surface area contributed by atoms with E-state index in [1.165, 1.54) is 0 Å². The molecule has 0 heterocycles. The lowest BCUT2D eigenvalue weighted by Gasteiger charge is -1.72. The Balaban J connectivity index is 3.57. The molecule has 0 aromatic carbocycles. The van der Waals surface area contributed by atoms with Gasteiger partial charge in [0.05, 0.1) is 6.92 Å². The molecular weight excluding hydrogens is 84.0 g/mol. The van der Waals surface area contributed by atoms with Gasteiger partial charge in [0, 0.05) is 0 Å². The molecule has 0 aromatic rings. The Morgan fingerprint density at radius 3 is 1.67 bits per heavy atom. The minimum Gasteiger partial charge on any atom is -0.438 e. The maximum atomic E-state index is 9.37. The number of carbonyl (C=O) groups is 2. The van der Waals surface area contributed by atoms with Gasteiger partial charge >= 0.3 is 5.78 Å². The average Bonchev–Trinajstić information content (AvgIpc) is 1.36. The topological polar surface area (TPSA) is 57.2 Å². The lowest BCUT2D eigenvalue weighted by atomic mass is 10.5. The number of rotatable bonds is 1. The highest BCUT2D eigenvalue weighted by Gasteiger charge is 2.01. The van der Waals surface area contributed by atoms with Crippen molar-refractivity contribution >= 4 is 11.8 Å². The zero-order valence-corrected chi connectivity index (χ0v) is 2.93. The number of Topliss-reactive ketones (excluding diaryl/α,β-unsaturated/α-hetero) is 1. The quantitative estimate of drug-likeness (QED) is 0.278. The van der Waals surface area contributed by atoms with Gasteiger partial charge < -0.3 is 9.90 Å². The highest BCUT2D eigenvalue weighted by Crippen LogP contribution is 1.55. The maximum Gasteiger partial charge on any atom is 0.360 e. The lowest BCUT2D eigenvalue weighted by molar-refractivity contribution is -0.299. The standard InChI is InChI=1S/C3H2O3/c1-2(4)3(5)6/h1H2. The van der Waals surface area contributed by atoms with Crippen LogP contribution in [-0.4, -0.2) is 11.8 Å². The van der Waals surface area contributed by atoms with Gasteiger partial charge in [-0.1, -0.05) is 0 Å². The van der Waals surface area contributed by atoms with Crippen LogP contribution in [0, 0.1) is 6.92 Å². The maximum absolute atomic E-state index is 9.37. The summed E-state index contributed by atoms with van der Waals surface area (Å²) in [6, 6.07) is 0. The smallest absolute Gasteiger partial charge is 0.360 e. The summed E-state index contributed by atoms with van der Waals surface area (Å²) in [6.07, 6.45) is 0. The van der Waals surface area contributed by atoms with E-state index in [0.717, 1.165) is 0 Å². The first-order valence-corrected chi connectivity index (χ1v) is 1.22. The third-order valence-electron chi connectivity index (χ3n) is 0.228. The molecular formula is C3H2O3. The minimum atomic E-state index is -1.74. The van der Waals surface area contributed by atoms with Crippen LogP contribution in [0.3, 0.4) is 0 Å². The van der Waals surface area contributed by atoms with Gasteiger partial charge in [0.2, 0.25) is 0 Å². The van der Waals surface area contributed by atoms with E-state index in [2.05, 4.69) is 6.92 Å². The zero-order valence-electron chi connectivity index (χ0n) is 2.93. The monoisotopic (exact) mass is 86.0 g/mol. The molecule has 0 aliphatic heterocycles. The summed E-state index contributed by atoms with van der Waals surface area (Å²) in [5, 5.41) is 9.18. The summed E-state index contributed by atoms with van der Waals surface area (Å²) in [5.41, 5.74) is 0. The fraction of sp³-hybridized carbons (Fsp3) is 0. The Morgan fingerprint density at radius 1 is 1.50 bits per heavy atom. The van der Waals surface area contributed by atoms with Crippen LogP contribution in [0.15, 0.2) is 0 Å².